The second kappa shape index (κ2) is 42.5. The van der Waals surface area contributed by atoms with Crippen molar-refractivity contribution in [1.82, 2.24) is 0 Å². The summed E-state index contributed by atoms with van der Waals surface area (Å²) in [5.74, 6) is 0. The number of rotatable bonds is 40. The zero-order chi connectivity index (χ0) is 34.1. The monoisotopic (exact) mass is 790 g/mol. The van der Waals surface area contributed by atoms with E-state index in [-0.39, 0.29) is 12.6 Å². The number of unbranched alkanes of at least 4 members (excludes halogenated alkanes) is 24. The van der Waals surface area contributed by atoms with Crippen LogP contribution in [0.25, 0.3) is 0 Å². The Bertz CT molecular complexity index is 575. The van der Waals surface area contributed by atoms with Crippen molar-refractivity contribution in [1.29, 1.82) is 0 Å². The molecule has 0 bridgehead atoms. The van der Waals surface area contributed by atoms with Gasteiger partial charge in [0.25, 0.3) is 0 Å². The van der Waals surface area contributed by atoms with Crippen molar-refractivity contribution in [3.8, 4) is 0 Å². The first-order chi connectivity index (χ1) is 23.3. The van der Waals surface area contributed by atoms with Crippen molar-refractivity contribution in [2.45, 2.75) is 219 Å². The molecule has 0 aromatic heterocycles. The van der Waals surface area contributed by atoms with Crippen LogP contribution in [0, 0.1) is 0 Å². The molecule has 0 fully saturated rings. The zero-order valence-corrected chi connectivity index (χ0v) is 34.7. The summed E-state index contributed by atoms with van der Waals surface area (Å²) in [5, 5.41) is 2.33. The molecule has 0 aromatic carbocycles. The van der Waals surface area contributed by atoms with Crippen LogP contribution in [0.5, 0.6) is 0 Å². The van der Waals surface area contributed by atoms with Crippen LogP contribution >= 0.6 is 31.9 Å². The largest absolute Gasteiger partial charge is 0.353 e. The molecule has 2 unspecified atom stereocenters. The maximum atomic E-state index is 6.27. The van der Waals surface area contributed by atoms with E-state index in [1.807, 2.05) is 13.8 Å². The molecule has 0 rings (SSSR count). The summed E-state index contributed by atoms with van der Waals surface area (Å²) in [5.41, 5.74) is 0. The molecule has 0 aliphatic rings. The lowest BCUT2D eigenvalue weighted by Gasteiger charge is -2.24. The number of hydrogen-bond donors (Lipinski definition) is 0. The van der Waals surface area contributed by atoms with Crippen molar-refractivity contribution >= 4 is 31.9 Å². The lowest BCUT2D eigenvalue weighted by Crippen LogP contribution is -2.27. The minimum atomic E-state index is -0.191. The molecule has 0 saturated carbocycles. The molecule has 47 heavy (non-hydrogen) atoms. The van der Waals surface area contributed by atoms with Crippen molar-refractivity contribution in [3.05, 3.63) is 24.3 Å². The molecule has 5 heteroatoms. The summed E-state index contributed by atoms with van der Waals surface area (Å²) in [4.78, 5) is 0. The summed E-state index contributed by atoms with van der Waals surface area (Å²) in [6, 6.07) is 0. The minimum absolute atomic E-state index is 0.191. The number of halogens is 2. The molecule has 0 spiro atoms. The lowest BCUT2D eigenvalue weighted by molar-refractivity contribution is -0.246. The number of hydrogen-bond acceptors (Lipinski definition) is 3. The van der Waals surface area contributed by atoms with Gasteiger partial charge < -0.3 is 14.2 Å². The standard InChI is InChI=1S/C42H80Br2O3/c1-3-45-41(37-33-29-25-21-17-13-9-5-7-11-15-19-23-27-31-35-39-43)47-42(46-4-2)38-34-30-26-22-18-14-10-6-8-12-16-20-24-28-32-36-40-44/h25-26,29-30,41-42H,3-24,27-28,31-40H2,1-2H3. The van der Waals surface area contributed by atoms with E-state index in [4.69, 9.17) is 14.2 Å². The van der Waals surface area contributed by atoms with Gasteiger partial charge in [0.2, 0.25) is 0 Å². The predicted molar refractivity (Wildman–Crippen MR) is 216 cm³/mol. The normalized spacial score (nSPS) is 13.4. The maximum Gasteiger partial charge on any atom is 0.161 e. The zero-order valence-electron chi connectivity index (χ0n) is 31.5. The van der Waals surface area contributed by atoms with Gasteiger partial charge in [0.15, 0.2) is 12.6 Å². The van der Waals surface area contributed by atoms with E-state index < -0.39 is 0 Å². The molecule has 280 valence electrons. The van der Waals surface area contributed by atoms with Gasteiger partial charge in [0.05, 0.1) is 0 Å². The fourth-order valence-corrected chi connectivity index (χ4v) is 6.90. The third kappa shape index (κ3) is 39.0. The molecule has 0 amide bonds. The molecule has 3 nitrogen and oxygen atoms in total. The minimum Gasteiger partial charge on any atom is -0.353 e. The molecule has 0 heterocycles. The molecule has 0 N–H and O–H groups in total. The topological polar surface area (TPSA) is 27.7 Å². The van der Waals surface area contributed by atoms with Crippen molar-refractivity contribution in [2.24, 2.45) is 0 Å². The van der Waals surface area contributed by atoms with Gasteiger partial charge in [-0.1, -0.05) is 185 Å². The first kappa shape index (κ1) is 47.3. The lowest BCUT2D eigenvalue weighted by atomic mass is 10.0. The highest BCUT2D eigenvalue weighted by atomic mass is 79.9. The highest BCUT2D eigenvalue weighted by molar-refractivity contribution is 9.09. The van der Waals surface area contributed by atoms with E-state index in [1.54, 1.807) is 0 Å². The average Bonchev–Trinajstić information content (AvgIpc) is 3.07. The number of allylic oxidation sites excluding steroid dienone is 4. The van der Waals surface area contributed by atoms with Gasteiger partial charge in [-0.3, -0.25) is 0 Å². The van der Waals surface area contributed by atoms with Crippen LogP contribution in [0.1, 0.15) is 206 Å². The summed E-state index contributed by atoms with van der Waals surface area (Å²) >= 11 is 7.04. The smallest absolute Gasteiger partial charge is 0.161 e. The van der Waals surface area contributed by atoms with Gasteiger partial charge >= 0.3 is 0 Å². The number of ether oxygens (including phenoxy) is 3. The van der Waals surface area contributed by atoms with Gasteiger partial charge in [-0.05, 0) is 65.2 Å². The SMILES string of the molecule is CCOC(CCC=CCCCCCCCCCCCCCCBr)OC(CCC=CCCCCCCCCCCCCCCBr)OCC. The molecule has 0 aliphatic heterocycles. The van der Waals surface area contributed by atoms with E-state index in [0.29, 0.717) is 13.2 Å². The first-order valence-corrected chi connectivity index (χ1v) is 22.8. The molecule has 0 saturated heterocycles. The fraction of sp³-hybridized carbons (Fsp3) is 0.905. The molecule has 0 aromatic rings. The second-order valence-corrected chi connectivity index (χ2v) is 15.0. The van der Waals surface area contributed by atoms with E-state index >= 15 is 0 Å². The van der Waals surface area contributed by atoms with Crippen LogP contribution in [-0.2, 0) is 14.2 Å². The summed E-state index contributed by atoms with van der Waals surface area (Å²) in [6.45, 7) is 5.44. The van der Waals surface area contributed by atoms with E-state index in [2.05, 4.69) is 56.2 Å². The first-order valence-electron chi connectivity index (χ1n) is 20.6. The summed E-state index contributed by atoms with van der Waals surface area (Å²) in [6.07, 6.45) is 48.7. The Kier molecular flexibility index (Phi) is 42.8. The molecular weight excluding hydrogens is 712 g/mol. The van der Waals surface area contributed by atoms with Gasteiger partial charge in [0.1, 0.15) is 0 Å². The van der Waals surface area contributed by atoms with Crippen LogP contribution < -0.4 is 0 Å². The Labute approximate surface area is 311 Å². The van der Waals surface area contributed by atoms with Gasteiger partial charge in [-0.15, -0.1) is 0 Å². The third-order valence-corrected chi connectivity index (χ3v) is 10.1. The van der Waals surface area contributed by atoms with E-state index in [9.17, 15) is 0 Å². The highest BCUT2D eigenvalue weighted by Gasteiger charge is 2.16. The molecule has 0 radical (unpaired) electrons. The second-order valence-electron chi connectivity index (χ2n) is 13.4. The molecule has 0 aliphatic carbocycles. The van der Waals surface area contributed by atoms with Crippen LogP contribution in [-0.4, -0.2) is 36.5 Å². The summed E-state index contributed by atoms with van der Waals surface area (Å²) < 4.78 is 18.1. The molecule has 2 atom stereocenters. The number of alkyl halides is 2. The van der Waals surface area contributed by atoms with Crippen molar-refractivity contribution in [2.75, 3.05) is 23.9 Å². The Morgan fingerprint density at radius 3 is 0.894 bits per heavy atom. The van der Waals surface area contributed by atoms with Crippen molar-refractivity contribution < 1.29 is 14.2 Å². The predicted octanol–water partition coefficient (Wildman–Crippen LogP) is 15.3. The van der Waals surface area contributed by atoms with Gasteiger partial charge in [-0.2, -0.15) is 0 Å². The third-order valence-electron chi connectivity index (χ3n) is 8.99. The Hall–Kier alpha value is 0.320. The quantitative estimate of drug-likeness (QED) is 0.0268. The Morgan fingerprint density at radius 1 is 0.362 bits per heavy atom. The average molecular weight is 793 g/mol. The summed E-state index contributed by atoms with van der Waals surface area (Å²) in [7, 11) is 0. The Balaban J connectivity index is 3.80. The fourth-order valence-electron chi connectivity index (χ4n) is 6.11. The van der Waals surface area contributed by atoms with E-state index in [1.165, 1.54) is 178 Å². The van der Waals surface area contributed by atoms with Crippen LogP contribution in [0.15, 0.2) is 24.3 Å². The molecular formula is C42H80Br2O3. The maximum absolute atomic E-state index is 6.27. The highest BCUT2D eigenvalue weighted by Crippen LogP contribution is 2.17. The van der Waals surface area contributed by atoms with E-state index in [0.717, 1.165) is 25.7 Å². The van der Waals surface area contributed by atoms with Crippen LogP contribution in [0.2, 0.25) is 0 Å². The van der Waals surface area contributed by atoms with Crippen LogP contribution in [0.3, 0.4) is 0 Å². The Morgan fingerprint density at radius 2 is 0.617 bits per heavy atom. The van der Waals surface area contributed by atoms with Crippen molar-refractivity contribution in [3.63, 3.8) is 0 Å². The van der Waals surface area contributed by atoms with Gasteiger partial charge in [-0.25, -0.2) is 0 Å². The van der Waals surface area contributed by atoms with Crippen LogP contribution in [0.4, 0.5) is 0 Å². The van der Waals surface area contributed by atoms with Gasteiger partial charge in [0, 0.05) is 36.7 Å².